The van der Waals surface area contributed by atoms with Gasteiger partial charge in [0, 0.05) is 25.2 Å². The van der Waals surface area contributed by atoms with Crippen molar-refractivity contribution < 1.29 is 13.6 Å². The van der Waals surface area contributed by atoms with E-state index in [1.165, 1.54) is 12.3 Å². The number of amides is 1. The zero-order chi connectivity index (χ0) is 11.3. The largest absolute Gasteiger partial charge is 0.330 e. The van der Waals surface area contributed by atoms with E-state index in [1.54, 1.807) is 0 Å². The predicted molar refractivity (Wildman–Crippen MR) is 50.5 cm³/mol. The molecule has 1 aromatic rings. The first-order chi connectivity index (χ1) is 7.11. The molecule has 3 N–H and O–H groups in total. The number of anilines is 1. The molecule has 1 aromatic heterocycles. The fourth-order valence-corrected chi connectivity index (χ4v) is 1.01. The summed E-state index contributed by atoms with van der Waals surface area (Å²) in [6.45, 7) is -0.240. The predicted octanol–water partition coefficient (Wildman–Crippen LogP) is 0.435. The van der Waals surface area contributed by atoms with E-state index in [2.05, 4.69) is 10.4 Å². The zero-order valence-electron chi connectivity index (χ0n) is 7.99. The number of carbonyl (C=O) groups is 1. The van der Waals surface area contributed by atoms with Gasteiger partial charge in [-0.25, -0.2) is 8.78 Å². The van der Waals surface area contributed by atoms with Crippen LogP contribution in [0.25, 0.3) is 0 Å². The van der Waals surface area contributed by atoms with Gasteiger partial charge in [0.25, 0.3) is 6.43 Å². The number of nitrogens with one attached hydrogen (secondary N) is 1. The molecule has 1 amide bonds. The van der Waals surface area contributed by atoms with Crippen LogP contribution in [-0.2, 0) is 11.3 Å². The van der Waals surface area contributed by atoms with Crippen molar-refractivity contribution in [2.24, 2.45) is 5.73 Å². The average Bonchev–Trinajstić information content (AvgIpc) is 2.51. The van der Waals surface area contributed by atoms with Crippen LogP contribution in [0, 0.1) is 0 Å². The molecule has 7 heteroatoms. The van der Waals surface area contributed by atoms with Gasteiger partial charge in [-0.15, -0.1) is 0 Å². The molecule has 1 rings (SSSR count). The van der Waals surface area contributed by atoms with Crippen molar-refractivity contribution >= 4 is 11.7 Å². The summed E-state index contributed by atoms with van der Waals surface area (Å²) in [7, 11) is 0. The van der Waals surface area contributed by atoms with Crippen molar-refractivity contribution in [3.05, 3.63) is 12.3 Å². The Morgan fingerprint density at radius 3 is 3.00 bits per heavy atom. The molecular weight excluding hydrogens is 206 g/mol. The van der Waals surface area contributed by atoms with Crippen LogP contribution < -0.4 is 11.1 Å². The van der Waals surface area contributed by atoms with Gasteiger partial charge < -0.3 is 11.1 Å². The summed E-state index contributed by atoms with van der Waals surface area (Å²) in [5.41, 5.74) is 5.17. The lowest BCUT2D eigenvalue weighted by Gasteiger charge is -2.00. The molecule has 0 saturated heterocycles. The van der Waals surface area contributed by atoms with Gasteiger partial charge in [-0.2, -0.15) is 5.10 Å². The summed E-state index contributed by atoms with van der Waals surface area (Å²) in [5, 5.41) is 6.18. The fraction of sp³-hybridized carbons (Fsp3) is 0.500. The second-order valence-electron chi connectivity index (χ2n) is 2.90. The highest BCUT2D eigenvalue weighted by Gasteiger charge is 2.07. The molecule has 1 heterocycles. The molecule has 0 aromatic carbocycles. The number of rotatable bonds is 5. The first kappa shape index (κ1) is 11.6. The lowest BCUT2D eigenvalue weighted by molar-refractivity contribution is -0.116. The molecule has 0 unspecified atom stereocenters. The van der Waals surface area contributed by atoms with Crippen LogP contribution in [0.2, 0.25) is 0 Å². The van der Waals surface area contributed by atoms with Crippen molar-refractivity contribution in [3.8, 4) is 0 Å². The van der Waals surface area contributed by atoms with Gasteiger partial charge in [-0.1, -0.05) is 0 Å². The van der Waals surface area contributed by atoms with E-state index in [0.29, 0.717) is 0 Å². The normalized spacial score (nSPS) is 10.7. The summed E-state index contributed by atoms with van der Waals surface area (Å²) in [6, 6.07) is 1.46. The highest BCUT2D eigenvalue weighted by atomic mass is 19.3. The second kappa shape index (κ2) is 5.40. The summed E-state index contributed by atoms with van der Waals surface area (Å²) in [5.74, 6) is -0.0195. The van der Waals surface area contributed by atoms with Gasteiger partial charge >= 0.3 is 0 Å². The van der Waals surface area contributed by atoms with Crippen LogP contribution in [0.5, 0.6) is 0 Å². The summed E-state index contributed by atoms with van der Waals surface area (Å²) < 4.78 is 25.0. The quantitative estimate of drug-likeness (QED) is 0.753. The second-order valence-corrected chi connectivity index (χ2v) is 2.90. The van der Waals surface area contributed by atoms with E-state index in [4.69, 9.17) is 5.73 Å². The Labute approximate surface area is 85.2 Å². The number of aromatic nitrogens is 2. The van der Waals surface area contributed by atoms with Crippen LogP contribution in [0.4, 0.5) is 14.6 Å². The Balaban J connectivity index is 2.49. The Hall–Kier alpha value is -1.50. The van der Waals surface area contributed by atoms with E-state index >= 15 is 0 Å². The van der Waals surface area contributed by atoms with E-state index in [1.807, 2.05) is 0 Å². The van der Waals surface area contributed by atoms with Crippen molar-refractivity contribution in [1.29, 1.82) is 0 Å². The Bertz CT molecular complexity index is 326. The third kappa shape index (κ3) is 4.03. The zero-order valence-corrected chi connectivity index (χ0v) is 7.99. The number of alkyl halides is 2. The summed E-state index contributed by atoms with van der Waals surface area (Å²) in [6.07, 6.45) is -0.899. The maximum atomic E-state index is 11.9. The minimum Gasteiger partial charge on any atom is -0.330 e. The van der Waals surface area contributed by atoms with Crippen LogP contribution >= 0.6 is 0 Å². The monoisotopic (exact) mass is 218 g/mol. The smallest absolute Gasteiger partial charge is 0.257 e. The average molecular weight is 218 g/mol. The van der Waals surface area contributed by atoms with Gasteiger partial charge in [0.15, 0.2) is 5.82 Å². The standard InChI is InChI=1S/C8H12F2N4O/c9-6(10)5-14-4-2-7(13-14)12-8(15)1-3-11/h2,4,6H,1,3,5,11H2,(H,12,13,15). The molecule has 0 spiro atoms. The highest BCUT2D eigenvalue weighted by molar-refractivity contribution is 5.89. The molecule has 15 heavy (non-hydrogen) atoms. The molecule has 0 aliphatic carbocycles. The third-order valence-corrected chi connectivity index (χ3v) is 1.60. The van der Waals surface area contributed by atoms with Crippen LogP contribution in [-0.4, -0.2) is 28.7 Å². The molecule has 0 aliphatic heterocycles. The lowest BCUT2D eigenvalue weighted by atomic mass is 10.4. The van der Waals surface area contributed by atoms with Crippen LogP contribution in [0.3, 0.4) is 0 Å². The van der Waals surface area contributed by atoms with Crippen molar-refractivity contribution in [3.63, 3.8) is 0 Å². The van der Waals surface area contributed by atoms with E-state index in [-0.39, 0.29) is 24.7 Å². The Morgan fingerprint density at radius 2 is 2.40 bits per heavy atom. The first-order valence-corrected chi connectivity index (χ1v) is 4.43. The van der Waals surface area contributed by atoms with Crippen LogP contribution in [0.15, 0.2) is 12.3 Å². The van der Waals surface area contributed by atoms with Gasteiger partial charge in [0.05, 0.1) is 0 Å². The van der Waals surface area contributed by atoms with Gasteiger partial charge in [0.1, 0.15) is 6.54 Å². The number of halogens is 2. The molecule has 0 fully saturated rings. The minimum absolute atomic E-state index is 0.182. The maximum Gasteiger partial charge on any atom is 0.257 e. The number of hydrogen-bond acceptors (Lipinski definition) is 3. The lowest BCUT2D eigenvalue weighted by Crippen LogP contribution is -2.17. The fourth-order valence-electron chi connectivity index (χ4n) is 1.01. The topological polar surface area (TPSA) is 72.9 Å². The molecule has 0 aliphatic rings. The molecular formula is C8H12F2N4O. The summed E-state index contributed by atoms with van der Waals surface area (Å²) in [4.78, 5) is 11.1. The van der Waals surface area contributed by atoms with E-state index in [9.17, 15) is 13.6 Å². The number of nitrogens with zero attached hydrogens (tertiary/aromatic N) is 2. The Kier molecular flexibility index (Phi) is 4.17. The number of hydrogen-bond donors (Lipinski definition) is 2. The summed E-state index contributed by atoms with van der Waals surface area (Å²) >= 11 is 0. The molecule has 84 valence electrons. The van der Waals surface area contributed by atoms with Gasteiger partial charge in [-0.05, 0) is 0 Å². The Morgan fingerprint density at radius 1 is 1.67 bits per heavy atom. The molecule has 0 bridgehead atoms. The molecule has 0 saturated carbocycles. The van der Waals surface area contributed by atoms with Crippen molar-refractivity contribution in [2.45, 2.75) is 19.4 Å². The van der Waals surface area contributed by atoms with Crippen molar-refractivity contribution in [2.75, 3.05) is 11.9 Å². The molecule has 5 nitrogen and oxygen atoms in total. The van der Waals surface area contributed by atoms with Gasteiger partial charge in [-0.3, -0.25) is 9.48 Å². The first-order valence-electron chi connectivity index (χ1n) is 4.43. The number of carbonyl (C=O) groups excluding carboxylic acids is 1. The SMILES string of the molecule is NCCC(=O)Nc1ccn(CC(F)F)n1. The maximum absolute atomic E-state index is 11.9. The van der Waals surface area contributed by atoms with Crippen LogP contribution in [0.1, 0.15) is 6.42 Å². The third-order valence-electron chi connectivity index (χ3n) is 1.60. The molecule has 0 atom stereocenters. The number of nitrogens with two attached hydrogens (primary N) is 1. The molecule has 0 radical (unpaired) electrons. The highest BCUT2D eigenvalue weighted by Crippen LogP contribution is 2.05. The van der Waals surface area contributed by atoms with E-state index < -0.39 is 13.0 Å². The van der Waals surface area contributed by atoms with Crippen molar-refractivity contribution in [1.82, 2.24) is 9.78 Å². The minimum atomic E-state index is -2.46. The van der Waals surface area contributed by atoms with E-state index in [0.717, 1.165) is 4.68 Å². The van der Waals surface area contributed by atoms with Gasteiger partial charge in [0.2, 0.25) is 5.91 Å².